The molecule has 0 spiro atoms. The van der Waals surface area contributed by atoms with E-state index in [1.165, 1.54) is 6.42 Å². The third-order valence-electron chi connectivity index (χ3n) is 6.88. The van der Waals surface area contributed by atoms with Gasteiger partial charge in [-0.05, 0) is 49.8 Å². The summed E-state index contributed by atoms with van der Waals surface area (Å²) in [5.74, 6) is -0.109. The SMILES string of the molecule is Cc1cccc(CN2C(=O)c3cc4ccsc4n3C[C@@]2(C)C(=O)NC2CCCCC2)c1. The number of carbonyl (C=O) groups excluding carboxylic acids is 2. The minimum Gasteiger partial charge on any atom is -0.351 e. The summed E-state index contributed by atoms with van der Waals surface area (Å²) in [4.78, 5) is 30.3. The van der Waals surface area contributed by atoms with Crippen molar-refractivity contribution in [3.05, 3.63) is 58.6 Å². The van der Waals surface area contributed by atoms with Crippen molar-refractivity contribution >= 4 is 33.4 Å². The molecule has 5 rings (SSSR count). The van der Waals surface area contributed by atoms with Crippen molar-refractivity contribution < 1.29 is 9.59 Å². The van der Waals surface area contributed by atoms with Crippen molar-refractivity contribution in [1.29, 1.82) is 0 Å². The topological polar surface area (TPSA) is 54.3 Å². The van der Waals surface area contributed by atoms with Crippen LogP contribution in [0.4, 0.5) is 0 Å². The van der Waals surface area contributed by atoms with Crippen LogP contribution in [0.2, 0.25) is 0 Å². The smallest absolute Gasteiger partial charge is 0.271 e. The average molecular weight is 436 g/mol. The Kier molecular flexibility index (Phi) is 5.13. The molecular formula is C25H29N3O2S. The summed E-state index contributed by atoms with van der Waals surface area (Å²) >= 11 is 1.63. The van der Waals surface area contributed by atoms with Gasteiger partial charge in [-0.25, -0.2) is 0 Å². The van der Waals surface area contributed by atoms with E-state index in [1.807, 2.05) is 36.6 Å². The van der Waals surface area contributed by atoms with E-state index < -0.39 is 5.54 Å². The Morgan fingerprint density at radius 2 is 2.00 bits per heavy atom. The minimum absolute atomic E-state index is 0.0375. The van der Waals surface area contributed by atoms with Crippen LogP contribution in [0.3, 0.4) is 0 Å². The summed E-state index contributed by atoms with van der Waals surface area (Å²) < 4.78 is 2.05. The van der Waals surface area contributed by atoms with Gasteiger partial charge in [-0.15, -0.1) is 11.3 Å². The largest absolute Gasteiger partial charge is 0.351 e. The van der Waals surface area contributed by atoms with Gasteiger partial charge in [0.15, 0.2) is 0 Å². The van der Waals surface area contributed by atoms with Crippen molar-refractivity contribution in [3.8, 4) is 0 Å². The van der Waals surface area contributed by atoms with E-state index >= 15 is 0 Å². The maximum atomic E-state index is 13.7. The number of thiophene rings is 1. The van der Waals surface area contributed by atoms with Crippen molar-refractivity contribution in [2.24, 2.45) is 0 Å². The molecule has 1 fully saturated rings. The zero-order valence-corrected chi connectivity index (χ0v) is 19.0. The Balaban J connectivity index is 1.53. The number of aryl methyl sites for hydroxylation is 1. The summed E-state index contributed by atoms with van der Waals surface area (Å²) in [5.41, 5.74) is 1.94. The number of nitrogens with one attached hydrogen (secondary N) is 1. The van der Waals surface area contributed by atoms with Gasteiger partial charge in [0.2, 0.25) is 5.91 Å². The lowest BCUT2D eigenvalue weighted by atomic mass is 9.91. The lowest BCUT2D eigenvalue weighted by Crippen LogP contribution is -2.64. The Morgan fingerprint density at radius 1 is 1.19 bits per heavy atom. The molecule has 2 aliphatic rings. The quantitative estimate of drug-likeness (QED) is 0.635. The highest BCUT2D eigenvalue weighted by Gasteiger charge is 2.48. The molecule has 2 amide bonds. The van der Waals surface area contributed by atoms with E-state index in [4.69, 9.17) is 0 Å². The fourth-order valence-corrected chi connectivity index (χ4v) is 5.98. The fourth-order valence-electron chi connectivity index (χ4n) is 5.09. The molecule has 2 aromatic heterocycles. The van der Waals surface area contributed by atoms with Crippen LogP contribution in [0, 0.1) is 6.92 Å². The van der Waals surface area contributed by atoms with E-state index in [-0.39, 0.29) is 17.9 Å². The summed E-state index contributed by atoms with van der Waals surface area (Å²) in [6.07, 6.45) is 5.61. The first-order valence-corrected chi connectivity index (χ1v) is 12.1. The van der Waals surface area contributed by atoms with Gasteiger partial charge in [-0.1, -0.05) is 49.1 Å². The number of carbonyl (C=O) groups is 2. The van der Waals surface area contributed by atoms with Gasteiger partial charge in [0.1, 0.15) is 16.1 Å². The molecule has 1 saturated carbocycles. The Bertz CT molecular complexity index is 1140. The number of amides is 2. The molecule has 0 bridgehead atoms. The van der Waals surface area contributed by atoms with Crippen LogP contribution in [0.25, 0.3) is 10.2 Å². The lowest BCUT2D eigenvalue weighted by Gasteiger charge is -2.44. The van der Waals surface area contributed by atoms with E-state index in [0.29, 0.717) is 18.8 Å². The first kappa shape index (κ1) is 20.3. The van der Waals surface area contributed by atoms with Crippen LogP contribution in [0.1, 0.15) is 60.6 Å². The average Bonchev–Trinajstić information content (AvgIpc) is 3.34. The molecule has 162 valence electrons. The number of benzene rings is 1. The normalized spacial score (nSPS) is 22.0. The van der Waals surface area contributed by atoms with Gasteiger partial charge in [0.05, 0.1) is 6.54 Å². The van der Waals surface area contributed by atoms with E-state index in [0.717, 1.165) is 47.0 Å². The Morgan fingerprint density at radius 3 is 2.77 bits per heavy atom. The number of nitrogens with zero attached hydrogens (tertiary/aromatic N) is 2. The third kappa shape index (κ3) is 3.57. The summed E-state index contributed by atoms with van der Waals surface area (Å²) in [5, 5.41) is 6.41. The van der Waals surface area contributed by atoms with Crippen LogP contribution in [-0.4, -0.2) is 32.9 Å². The molecule has 1 aromatic carbocycles. The van der Waals surface area contributed by atoms with Gasteiger partial charge in [-0.2, -0.15) is 0 Å². The summed E-state index contributed by atoms with van der Waals surface area (Å²) in [6.45, 7) is 4.88. The van der Waals surface area contributed by atoms with Crippen LogP contribution in [0.5, 0.6) is 0 Å². The number of aromatic nitrogens is 1. The molecule has 5 nitrogen and oxygen atoms in total. The molecule has 3 aromatic rings. The highest BCUT2D eigenvalue weighted by Crippen LogP contribution is 2.35. The first-order chi connectivity index (χ1) is 15.0. The second kappa shape index (κ2) is 7.83. The van der Waals surface area contributed by atoms with Gasteiger partial charge >= 0.3 is 0 Å². The molecule has 0 saturated heterocycles. The second-order valence-corrected chi connectivity index (χ2v) is 10.2. The Hall–Kier alpha value is -2.60. The van der Waals surface area contributed by atoms with Gasteiger partial charge in [-0.3, -0.25) is 9.59 Å². The van der Waals surface area contributed by atoms with Gasteiger partial charge in [0.25, 0.3) is 5.91 Å². The second-order valence-electron chi connectivity index (χ2n) is 9.26. The Labute approximate surface area is 187 Å². The van der Waals surface area contributed by atoms with Crippen LogP contribution in [0.15, 0.2) is 41.8 Å². The molecule has 1 N–H and O–H groups in total. The maximum Gasteiger partial charge on any atom is 0.271 e. The maximum absolute atomic E-state index is 13.7. The molecule has 1 aliphatic heterocycles. The van der Waals surface area contributed by atoms with Crippen molar-refractivity contribution in [3.63, 3.8) is 0 Å². The number of hydrogen-bond acceptors (Lipinski definition) is 3. The number of hydrogen-bond donors (Lipinski definition) is 1. The standard InChI is InChI=1S/C25H29N3O2S/c1-17-7-6-8-18(13-17)15-28-22(29)21-14-19-11-12-31-23(19)27(21)16-25(28,2)24(30)26-20-9-4-3-5-10-20/h6-8,11-14,20H,3-5,9-10,15-16H2,1-2H3,(H,26,30)/t25-/m0/s1. The zero-order valence-electron chi connectivity index (χ0n) is 18.2. The molecule has 0 radical (unpaired) electrons. The molecule has 1 aliphatic carbocycles. The van der Waals surface area contributed by atoms with Gasteiger partial charge < -0.3 is 14.8 Å². The molecule has 3 heterocycles. The predicted molar refractivity (Wildman–Crippen MR) is 124 cm³/mol. The van der Waals surface area contributed by atoms with Crippen molar-refractivity contribution in [1.82, 2.24) is 14.8 Å². The third-order valence-corrected chi connectivity index (χ3v) is 7.83. The van der Waals surface area contributed by atoms with Crippen molar-refractivity contribution in [2.75, 3.05) is 0 Å². The molecular weight excluding hydrogens is 406 g/mol. The molecule has 31 heavy (non-hydrogen) atoms. The predicted octanol–water partition coefficient (Wildman–Crippen LogP) is 4.87. The van der Waals surface area contributed by atoms with E-state index in [2.05, 4.69) is 28.9 Å². The molecule has 1 atom stereocenters. The fraction of sp³-hybridized carbons (Fsp3) is 0.440. The van der Waals surface area contributed by atoms with Crippen LogP contribution < -0.4 is 5.32 Å². The van der Waals surface area contributed by atoms with Crippen molar-refractivity contribution in [2.45, 2.75) is 70.6 Å². The zero-order chi connectivity index (χ0) is 21.6. The van der Waals surface area contributed by atoms with Crippen LogP contribution in [-0.2, 0) is 17.9 Å². The van der Waals surface area contributed by atoms with E-state index in [9.17, 15) is 9.59 Å². The molecule has 0 unspecified atom stereocenters. The number of rotatable bonds is 4. The van der Waals surface area contributed by atoms with E-state index in [1.54, 1.807) is 16.2 Å². The minimum atomic E-state index is -0.943. The summed E-state index contributed by atoms with van der Waals surface area (Å²) in [6, 6.07) is 12.4. The molecule has 6 heteroatoms. The first-order valence-electron chi connectivity index (χ1n) is 11.2. The van der Waals surface area contributed by atoms with Gasteiger partial charge in [0, 0.05) is 18.0 Å². The highest BCUT2D eigenvalue weighted by atomic mass is 32.1. The highest BCUT2D eigenvalue weighted by molar-refractivity contribution is 7.16. The summed E-state index contributed by atoms with van der Waals surface area (Å²) in [7, 11) is 0. The lowest BCUT2D eigenvalue weighted by molar-refractivity contribution is -0.134. The monoisotopic (exact) mass is 435 g/mol. The number of fused-ring (bicyclic) bond motifs is 3. The van der Waals surface area contributed by atoms with Crippen LogP contribution >= 0.6 is 11.3 Å².